The molecule has 1 fully saturated rings. The Balaban J connectivity index is 2.23. The average molecular weight is 341 g/mol. The SMILES string of the molecule is CCCCO/S(F)=C(/Nc1c(C)cccc1C)C1CCCCN1. The van der Waals surface area contributed by atoms with Crippen LogP contribution in [0.2, 0.25) is 0 Å². The van der Waals surface area contributed by atoms with E-state index < -0.39 is 11.2 Å². The van der Waals surface area contributed by atoms with E-state index in [1.807, 2.05) is 6.07 Å². The standard InChI is InChI=1S/C18H29FN2OS/c1-4-5-13-22-23(19)18(16-11-6-7-12-20-16)21-17-14(2)9-8-10-15(17)3/h8-10,16,20-21H,4-7,11-13H2,1-3H3. The van der Waals surface area contributed by atoms with Crippen LogP contribution in [0.4, 0.5) is 9.57 Å². The van der Waals surface area contributed by atoms with Gasteiger partial charge in [0.25, 0.3) is 0 Å². The first-order valence-corrected chi connectivity index (χ1v) is 9.65. The summed E-state index contributed by atoms with van der Waals surface area (Å²) >= 11 is -1.68. The Kier molecular flexibility index (Phi) is 7.53. The second kappa shape index (κ2) is 9.40. The molecule has 1 aliphatic rings. The third kappa shape index (κ3) is 5.30. The quantitative estimate of drug-likeness (QED) is 0.572. The number of anilines is 1. The molecule has 0 saturated carbocycles. The molecule has 0 aliphatic carbocycles. The van der Waals surface area contributed by atoms with E-state index in [0.717, 1.165) is 55.5 Å². The lowest BCUT2D eigenvalue weighted by atomic mass is 10.0. The number of para-hydroxylation sites is 1. The number of aryl methyl sites for hydroxylation is 2. The van der Waals surface area contributed by atoms with Gasteiger partial charge in [-0.15, -0.1) is 3.89 Å². The van der Waals surface area contributed by atoms with Crippen molar-refractivity contribution in [1.29, 1.82) is 0 Å². The Hall–Kier alpha value is -0.910. The van der Waals surface area contributed by atoms with Crippen molar-refractivity contribution in [2.45, 2.75) is 58.9 Å². The van der Waals surface area contributed by atoms with E-state index in [4.69, 9.17) is 4.18 Å². The molecule has 2 unspecified atom stereocenters. The highest BCUT2D eigenvalue weighted by atomic mass is 32.2. The first-order valence-electron chi connectivity index (χ1n) is 8.60. The van der Waals surface area contributed by atoms with Crippen molar-refractivity contribution in [3.63, 3.8) is 0 Å². The summed E-state index contributed by atoms with van der Waals surface area (Å²) in [5, 5.41) is 6.82. The molecule has 0 amide bonds. The molecule has 23 heavy (non-hydrogen) atoms. The summed E-state index contributed by atoms with van der Waals surface area (Å²) in [5.74, 6) is 0. The van der Waals surface area contributed by atoms with Gasteiger partial charge in [-0.05, 0) is 50.8 Å². The number of hydrogen-bond donors (Lipinski definition) is 2. The maximum atomic E-state index is 14.8. The fourth-order valence-corrected chi connectivity index (χ4v) is 3.79. The summed E-state index contributed by atoms with van der Waals surface area (Å²) in [4.78, 5) is 0.651. The lowest BCUT2D eigenvalue weighted by Crippen LogP contribution is -2.43. The Bertz CT molecular complexity index is 522. The van der Waals surface area contributed by atoms with Crippen molar-refractivity contribution in [3.8, 4) is 0 Å². The molecule has 1 aliphatic heterocycles. The van der Waals surface area contributed by atoms with Gasteiger partial charge in [0.05, 0.1) is 12.6 Å². The summed E-state index contributed by atoms with van der Waals surface area (Å²) in [5.41, 5.74) is 3.26. The normalized spacial score (nSPS) is 20.2. The van der Waals surface area contributed by atoms with Crippen LogP contribution in [0.5, 0.6) is 0 Å². The predicted molar refractivity (Wildman–Crippen MR) is 99.7 cm³/mol. The minimum absolute atomic E-state index is 0.0396. The molecule has 2 atom stereocenters. The summed E-state index contributed by atoms with van der Waals surface area (Å²) in [6.07, 6.45) is 5.14. The zero-order valence-corrected chi connectivity index (χ0v) is 15.3. The minimum Gasteiger partial charge on any atom is -0.349 e. The smallest absolute Gasteiger partial charge is 0.145 e. The summed E-state index contributed by atoms with van der Waals surface area (Å²) in [7, 11) is 0. The highest BCUT2D eigenvalue weighted by Gasteiger charge is 2.22. The molecule has 1 heterocycles. The number of unbranched alkanes of at least 4 members (excludes halogenated alkanes) is 1. The van der Waals surface area contributed by atoms with E-state index in [-0.39, 0.29) is 6.04 Å². The van der Waals surface area contributed by atoms with Crippen LogP contribution in [0.1, 0.15) is 50.2 Å². The number of rotatable bonds is 6. The van der Waals surface area contributed by atoms with Crippen LogP contribution in [0.3, 0.4) is 0 Å². The largest absolute Gasteiger partial charge is 0.349 e. The number of benzene rings is 1. The van der Waals surface area contributed by atoms with Gasteiger partial charge in [0.1, 0.15) is 16.1 Å². The van der Waals surface area contributed by atoms with Gasteiger partial charge in [-0.2, -0.15) is 0 Å². The lowest BCUT2D eigenvalue weighted by Gasteiger charge is -2.28. The highest BCUT2D eigenvalue weighted by molar-refractivity contribution is 8.07. The molecule has 1 aromatic carbocycles. The van der Waals surface area contributed by atoms with Gasteiger partial charge in [0.15, 0.2) is 0 Å². The van der Waals surface area contributed by atoms with Crippen molar-refractivity contribution in [1.82, 2.24) is 5.32 Å². The first-order chi connectivity index (χ1) is 11.1. The van der Waals surface area contributed by atoms with E-state index in [2.05, 4.69) is 43.5 Å². The minimum atomic E-state index is -1.68. The molecular formula is C18H29FN2OS. The average Bonchev–Trinajstić information content (AvgIpc) is 2.55. The molecule has 2 N–H and O–H groups in total. The third-order valence-corrected chi connectivity index (χ3v) is 5.32. The maximum absolute atomic E-state index is 14.8. The topological polar surface area (TPSA) is 33.3 Å². The number of piperidine rings is 1. The zero-order chi connectivity index (χ0) is 16.7. The van der Waals surface area contributed by atoms with Gasteiger partial charge in [-0.3, -0.25) is 4.18 Å². The molecule has 1 aromatic rings. The number of hydrogen-bond acceptors (Lipinski definition) is 2. The van der Waals surface area contributed by atoms with Crippen LogP contribution < -0.4 is 10.6 Å². The van der Waals surface area contributed by atoms with Crippen LogP contribution in [0.25, 0.3) is 0 Å². The van der Waals surface area contributed by atoms with Crippen LogP contribution in [0.15, 0.2) is 18.2 Å². The molecule has 2 rings (SSSR count). The second-order valence-electron chi connectivity index (χ2n) is 6.16. The molecular weight excluding hydrogens is 311 g/mol. The van der Waals surface area contributed by atoms with Crippen molar-refractivity contribution in [2.75, 3.05) is 18.5 Å². The number of nitrogens with one attached hydrogen (secondary N) is 2. The Morgan fingerprint density at radius 2 is 2.09 bits per heavy atom. The van der Waals surface area contributed by atoms with Crippen molar-refractivity contribution in [3.05, 3.63) is 29.3 Å². The monoisotopic (exact) mass is 340 g/mol. The van der Waals surface area contributed by atoms with Crippen molar-refractivity contribution >= 4 is 21.8 Å². The van der Waals surface area contributed by atoms with Crippen molar-refractivity contribution in [2.24, 2.45) is 0 Å². The van der Waals surface area contributed by atoms with Crippen LogP contribution >= 0.6 is 11.2 Å². The molecule has 130 valence electrons. The molecule has 5 heteroatoms. The van der Waals surface area contributed by atoms with E-state index in [1.54, 1.807) is 0 Å². The van der Waals surface area contributed by atoms with Crippen LogP contribution in [0, 0.1) is 13.8 Å². The van der Waals surface area contributed by atoms with E-state index >= 15 is 0 Å². The van der Waals surface area contributed by atoms with E-state index in [9.17, 15) is 3.89 Å². The molecule has 0 aromatic heterocycles. The summed E-state index contributed by atoms with van der Waals surface area (Å²) in [6, 6.07) is 6.17. The predicted octanol–water partition coefficient (Wildman–Crippen LogP) is 4.87. The zero-order valence-electron chi connectivity index (χ0n) is 14.5. The molecule has 3 nitrogen and oxygen atoms in total. The molecule has 0 bridgehead atoms. The van der Waals surface area contributed by atoms with Gasteiger partial charge < -0.3 is 10.6 Å². The molecule has 0 radical (unpaired) electrons. The third-order valence-electron chi connectivity index (χ3n) is 4.21. The van der Waals surface area contributed by atoms with E-state index in [1.165, 1.54) is 0 Å². The van der Waals surface area contributed by atoms with Gasteiger partial charge in [0, 0.05) is 5.69 Å². The van der Waals surface area contributed by atoms with Gasteiger partial charge in [-0.25, -0.2) is 0 Å². The fourth-order valence-electron chi connectivity index (χ4n) is 2.79. The van der Waals surface area contributed by atoms with Gasteiger partial charge in [0.2, 0.25) is 0 Å². The Morgan fingerprint density at radius 1 is 1.35 bits per heavy atom. The summed E-state index contributed by atoms with van der Waals surface area (Å²) in [6.45, 7) is 7.60. The maximum Gasteiger partial charge on any atom is 0.145 e. The van der Waals surface area contributed by atoms with Crippen LogP contribution in [-0.2, 0) is 4.18 Å². The van der Waals surface area contributed by atoms with E-state index in [0.29, 0.717) is 11.6 Å². The fraction of sp³-hybridized carbons (Fsp3) is 0.611. The lowest BCUT2D eigenvalue weighted by molar-refractivity contribution is 0.347. The van der Waals surface area contributed by atoms with Gasteiger partial charge >= 0.3 is 0 Å². The van der Waals surface area contributed by atoms with Crippen LogP contribution in [-0.4, -0.2) is 24.2 Å². The Morgan fingerprint density at radius 3 is 2.70 bits per heavy atom. The molecule has 0 spiro atoms. The Labute approximate surface area is 142 Å². The van der Waals surface area contributed by atoms with Crippen molar-refractivity contribution < 1.29 is 8.07 Å². The highest BCUT2D eigenvalue weighted by Crippen LogP contribution is 2.27. The number of halogens is 1. The first kappa shape index (κ1) is 18.4. The molecule has 1 saturated heterocycles. The second-order valence-corrected chi connectivity index (χ2v) is 7.28. The van der Waals surface area contributed by atoms with Gasteiger partial charge in [-0.1, -0.05) is 38.0 Å². The summed E-state index contributed by atoms with van der Waals surface area (Å²) < 4.78 is 20.3.